The number of hydrogen-bond donors (Lipinski definition) is 1. The molecule has 0 aliphatic rings. The van der Waals surface area contributed by atoms with Crippen LogP contribution >= 0.6 is 27.7 Å². The van der Waals surface area contributed by atoms with Crippen LogP contribution in [0.1, 0.15) is 0 Å². The lowest BCUT2D eigenvalue weighted by Crippen LogP contribution is -2.00. The molecule has 2 aromatic carbocycles. The number of nitrogens with one attached hydrogen (secondary N) is 1. The molecule has 3 aromatic rings. The second kappa shape index (κ2) is 8.21. The fourth-order valence-electron chi connectivity index (χ4n) is 2.05. The first-order chi connectivity index (χ1) is 11.8. The highest BCUT2D eigenvalue weighted by Gasteiger charge is 2.08. The number of hydrogen-bond acceptors (Lipinski definition) is 5. The Kier molecular flexibility index (Phi) is 5.77. The van der Waals surface area contributed by atoms with Crippen molar-refractivity contribution in [3.05, 3.63) is 53.0 Å². The highest BCUT2D eigenvalue weighted by atomic mass is 79.9. The van der Waals surface area contributed by atoms with Gasteiger partial charge >= 0.3 is 0 Å². The smallest absolute Gasteiger partial charge is 0.208 e. The number of ether oxygens (including phenoxy) is 2. The Labute approximate surface area is 152 Å². The molecular weight excluding hydrogens is 390 g/mol. The monoisotopic (exact) mass is 405 g/mol. The molecule has 5 nitrogen and oxygen atoms in total. The molecule has 0 unspecified atom stereocenters. The molecule has 0 aliphatic heterocycles. The number of halogens is 1. The van der Waals surface area contributed by atoms with Crippen LogP contribution in [0.15, 0.2) is 58.2 Å². The summed E-state index contributed by atoms with van der Waals surface area (Å²) < 4.78 is 11.8. The largest absolute Gasteiger partial charge is 0.497 e. The standard InChI is InChI=1S/C17H16BrN3O2S/c1-22-12-6-8-13(9-7-12)23-10-11-24-17-19-16(20-21-17)14-4-2-3-5-15(14)18/h2-9H,10-11H2,1H3,(H,19,20,21). The summed E-state index contributed by atoms with van der Waals surface area (Å²) >= 11 is 5.07. The molecule has 0 bridgehead atoms. The normalized spacial score (nSPS) is 10.6. The predicted molar refractivity (Wildman–Crippen MR) is 98.7 cm³/mol. The zero-order valence-corrected chi connectivity index (χ0v) is 15.4. The van der Waals surface area contributed by atoms with Gasteiger partial charge < -0.3 is 9.47 Å². The SMILES string of the molecule is COc1ccc(OCCSc2n[nH]c(-c3ccccc3Br)n2)cc1. The molecule has 1 N–H and O–H groups in total. The van der Waals surface area contributed by atoms with Crippen molar-refractivity contribution in [2.75, 3.05) is 19.5 Å². The molecule has 0 atom stereocenters. The molecule has 0 radical (unpaired) electrons. The highest BCUT2D eigenvalue weighted by molar-refractivity contribution is 9.10. The minimum absolute atomic E-state index is 0.579. The van der Waals surface area contributed by atoms with Crippen molar-refractivity contribution < 1.29 is 9.47 Å². The van der Waals surface area contributed by atoms with Gasteiger partial charge in [-0.15, -0.1) is 5.10 Å². The number of methoxy groups -OCH3 is 1. The number of aromatic amines is 1. The van der Waals surface area contributed by atoms with E-state index < -0.39 is 0 Å². The third-order valence-corrected chi connectivity index (χ3v) is 4.74. The van der Waals surface area contributed by atoms with Crippen molar-refractivity contribution in [3.63, 3.8) is 0 Å². The summed E-state index contributed by atoms with van der Waals surface area (Å²) in [4.78, 5) is 4.50. The third-order valence-electron chi connectivity index (χ3n) is 3.24. The van der Waals surface area contributed by atoms with E-state index in [1.54, 1.807) is 18.9 Å². The van der Waals surface area contributed by atoms with Gasteiger partial charge in [-0.2, -0.15) is 0 Å². The van der Waals surface area contributed by atoms with Gasteiger partial charge in [0.25, 0.3) is 0 Å². The van der Waals surface area contributed by atoms with Crippen molar-refractivity contribution in [1.82, 2.24) is 15.2 Å². The maximum Gasteiger partial charge on any atom is 0.208 e. The molecule has 1 aromatic heterocycles. The van der Waals surface area contributed by atoms with E-state index in [-0.39, 0.29) is 0 Å². The fraction of sp³-hybridized carbons (Fsp3) is 0.176. The fourth-order valence-corrected chi connectivity index (χ4v) is 3.14. The Morgan fingerprint density at radius 3 is 2.58 bits per heavy atom. The summed E-state index contributed by atoms with van der Waals surface area (Å²) in [6.45, 7) is 0.579. The summed E-state index contributed by atoms with van der Waals surface area (Å²) in [6.07, 6.45) is 0. The molecular formula is C17H16BrN3O2S. The zero-order chi connectivity index (χ0) is 16.8. The summed E-state index contributed by atoms with van der Waals surface area (Å²) in [7, 11) is 1.64. The Morgan fingerprint density at radius 1 is 1.08 bits per heavy atom. The molecule has 0 amide bonds. The average Bonchev–Trinajstić information content (AvgIpc) is 3.08. The Bertz CT molecular complexity index is 793. The van der Waals surface area contributed by atoms with Crippen LogP contribution in [0.2, 0.25) is 0 Å². The molecule has 0 spiro atoms. The number of benzene rings is 2. The number of nitrogens with zero attached hydrogens (tertiary/aromatic N) is 2. The minimum atomic E-state index is 0.579. The van der Waals surface area contributed by atoms with Crippen molar-refractivity contribution in [1.29, 1.82) is 0 Å². The van der Waals surface area contributed by atoms with E-state index in [0.717, 1.165) is 33.1 Å². The third kappa shape index (κ3) is 4.30. The van der Waals surface area contributed by atoms with Crippen LogP contribution in [0.25, 0.3) is 11.4 Å². The van der Waals surface area contributed by atoms with E-state index in [2.05, 4.69) is 31.1 Å². The molecule has 124 valence electrons. The lowest BCUT2D eigenvalue weighted by molar-refractivity contribution is 0.342. The molecule has 0 fully saturated rings. The van der Waals surface area contributed by atoms with Crippen molar-refractivity contribution in [2.24, 2.45) is 0 Å². The maximum atomic E-state index is 5.69. The van der Waals surface area contributed by atoms with Gasteiger partial charge in [0.15, 0.2) is 5.82 Å². The zero-order valence-electron chi connectivity index (χ0n) is 13.0. The summed E-state index contributed by atoms with van der Waals surface area (Å²) in [5.41, 5.74) is 0.992. The first-order valence-corrected chi connectivity index (χ1v) is 9.11. The van der Waals surface area contributed by atoms with Crippen molar-refractivity contribution >= 4 is 27.7 Å². The first kappa shape index (κ1) is 16.9. The lowest BCUT2D eigenvalue weighted by Gasteiger charge is -2.05. The Balaban J connectivity index is 1.50. The predicted octanol–water partition coefficient (Wildman–Crippen LogP) is 4.41. The van der Waals surface area contributed by atoms with E-state index in [1.807, 2.05) is 48.5 Å². The molecule has 1 heterocycles. The van der Waals surface area contributed by atoms with Crippen LogP contribution in [0.4, 0.5) is 0 Å². The average molecular weight is 406 g/mol. The van der Waals surface area contributed by atoms with Gasteiger partial charge in [-0.05, 0) is 30.3 Å². The lowest BCUT2D eigenvalue weighted by atomic mass is 10.2. The molecule has 24 heavy (non-hydrogen) atoms. The van der Waals surface area contributed by atoms with Gasteiger partial charge in [0.1, 0.15) is 11.5 Å². The quantitative estimate of drug-likeness (QED) is 0.465. The van der Waals surface area contributed by atoms with Gasteiger partial charge in [0.05, 0.1) is 13.7 Å². The Hall–Kier alpha value is -1.99. The first-order valence-electron chi connectivity index (χ1n) is 7.33. The van der Waals surface area contributed by atoms with E-state index in [4.69, 9.17) is 9.47 Å². The van der Waals surface area contributed by atoms with Crippen LogP contribution in [0, 0.1) is 0 Å². The Morgan fingerprint density at radius 2 is 1.83 bits per heavy atom. The number of H-pyrrole nitrogens is 1. The number of aromatic nitrogens is 3. The number of rotatable bonds is 7. The molecule has 0 saturated heterocycles. The second-order valence-corrected chi connectivity index (χ2v) is 6.74. The van der Waals surface area contributed by atoms with E-state index in [9.17, 15) is 0 Å². The van der Waals surface area contributed by atoms with Gasteiger partial charge in [0.2, 0.25) is 5.16 Å². The summed E-state index contributed by atoms with van der Waals surface area (Å²) in [5.74, 6) is 3.15. The second-order valence-electron chi connectivity index (χ2n) is 4.82. The van der Waals surface area contributed by atoms with Crippen LogP contribution in [0.3, 0.4) is 0 Å². The van der Waals surface area contributed by atoms with E-state index >= 15 is 0 Å². The topological polar surface area (TPSA) is 60.0 Å². The summed E-state index contributed by atoms with van der Waals surface area (Å²) in [6, 6.07) is 15.4. The van der Waals surface area contributed by atoms with Crippen molar-refractivity contribution in [2.45, 2.75) is 5.16 Å². The van der Waals surface area contributed by atoms with Crippen LogP contribution in [0.5, 0.6) is 11.5 Å². The summed E-state index contributed by atoms with van der Waals surface area (Å²) in [5, 5.41) is 7.91. The molecule has 0 saturated carbocycles. The molecule has 3 rings (SSSR count). The van der Waals surface area contributed by atoms with Crippen LogP contribution in [-0.4, -0.2) is 34.7 Å². The van der Waals surface area contributed by atoms with E-state index in [0.29, 0.717) is 11.8 Å². The van der Waals surface area contributed by atoms with Gasteiger partial charge in [0, 0.05) is 15.8 Å². The molecule has 0 aliphatic carbocycles. The minimum Gasteiger partial charge on any atom is -0.497 e. The van der Waals surface area contributed by atoms with Gasteiger partial charge in [-0.3, -0.25) is 5.10 Å². The van der Waals surface area contributed by atoms with Gasteiger partial charge in [-0.25, -0.2) is 4.98 Å². The van der Waals surface area contributed by atoms with E-state index in [1.165, 1.54) is 0 Å². The maximum absolute atomic E-state index is 5.69. The van der Waals surface area contributed by atoms with Crippen molar-refractivity contribution in [3.8, 4) is 22.9 Å². The highest BCUT2D eigenvalue weighted by Crippen LogP contribution is 2.26. The van der Waals surface area contributed by atoms with Crippen LogP contribution < -0.4 is 9.47 Å². The number of thioether (sulfide) groups is 1. The van der Waals surface area contributed by atoms with Crippen LogP contribution in [-0.2, 0) is 0 Å². The van der Waals surface area contributed by atoms with Gasteiger partial charge in [-0.1, -0.05) is 45.9 Å². The molecule has 7 heteroatoms.